The van der Waals surface area contributed by atoms with Crippen molar-refractivity contribution < 1.29 is 33.9 Å². The quantitative estimate of drug-likeness (QED) is 0.625. The number of benzene rings is 2. The van der Waals surface area contributed by atoms with Crippen molar-refractivity contribution in [1.82, 2.24) is 0 Å². The molecule has 1 fully saturated rings. The number of phenols is 1. The molecule has 2 aliphatic rings. The highest BCUT2D eigenvalue weighted by atomic mass is 19.3. The molecule has 0 unspecified atom stereocenters. The van der Waals surface area contributed by atoms with E-state index in [2.05, 4.69) is 12.1 Å². The molecule has 7 heteroatoms. The fourth-order valence-corrected chi connectivity index (χ4v) is 4.11. The number of halogens is 2. The summed E-state index contributed by atoms with van der Waals surface area (Å²) in [6.07, 6.45) is -5.03. The highest BCUT2D eigenvalue weighted by molar-refractivity contribution is 5.46. The summed E-state index contributed by atoms with van der Waals surface area (Å²) in [5.41, 5.74) is 5.52. The minimum Gasteiger partial charge on any atom is -0.508 e. The van der Waals surface area contributed by atoms with Crippen LogP contribution in [0.1, 0.15) is 39.5 Å². The van der Waals surface area contributed by atoms with Crippen molar-refractivity contribution in [1.29, 1.82) is 0 Å². The van der Waals surface area contributed by atoms with E-state index < -0.39 is 36.9 Å². The van der Waals surface area contributed by atoms with Crippen molar-refractivity contribution in [3.05, 3.63) is 63.7 Å². The molecule has 156 valence electrons. The maximum absolute atomic E-state index is 14.1. The Bertz CT molecular complexity index is 926. The monoisotopic (exact) mass is 406 g/mol. The minimum atomic E-state index is -3.81. The third kappa shape index (κ3) is 3.42. The molecular weight excluding hydrogens is 382 g/mol. The molecule has 0 radical (unpaired) electrons. The minimum absolute atomic E-state index is 0.107. The van der Waals surface area contributed by atoms with Crippen LogP contribution in [0.3, 0.4) is 0 Å². The average molecular weight is 406 g/mol. The van der Waals surface area contributed by atoms with Crippen LogP contribution in [0.2, 0.25) is 0 Å². The molecule has 0 bridgehead atoms. The Kier molecular flexibility index (Phi) is 5.11. The van der Waals surface area contributed by atoms with Gasteiger partial charge in [0.2, 0.25) is 0 Å². The van der Waals surface area contributed by atoms with Gasteiger partial charge in [0.25, 0.3) is 0 Å². The van der Waals surface area contributed by atoms with Gasteiger partial charge in [-0.3, -0.25) is 0 Å². The largest absolute Gasteiger partial charge is 0.508 e. The zero-order valence-corrected chi connectivity index (χ0v) is 16.0. The maximum Gasteiger partial charge on any atom is 0.303 e. The molecule has 5 nitrogen and oxygen atoms in total. The molecule has 0 amide bonds. The topological polar surface area (TPSA) is 90.2 Å². The molecule has 0 saturated carbocycles. The number of hydrogen-bond acceptors (Lipinski definition) is 5. The summed E-state index contributed by atoms with van der Waals surface area (Å²) >= 11 is 0. The highest BCUT2D eigenvalue weighted by Gasteiger charge is 2.57. The van der Waals surface area contributed by atoms with Gasteiger partial charge in [-0.15, -0.1) is 0 Å². The van der Waals surface area contributed by atoms with Crippen molar-refractivity contribution in [3.63, 3.8) is 0 Å². The Morgan fingerprint density at radius 2 is 1.83 bits per heavy atom. The van der Waals surface area contributed by atoms with Crippen LogP contribution in [0.25, 0.3) is 0 Å². The molecule has 2 aromatic rings. The summed E-state index contributed by atoms with van der Waals surface area (Å²) in [7, 11) is 0. The summed E-state index contributed by atoms with van der Waals surface area (Å²) in [4.78, 5) is 0. The fraction of sp³-hybridized carbons (Fsp3) is 0.455. The normalized spacial score (nSPS) is 27.9. The van der Waals surface area contributed by atoms with Crippen molar-refractivity contribution in [2.75, 3.05) is 6.61 Å². The van der Waals surface area contributed by atoms with Crippen molar-refractivity contribution >= 4 is 0 Å². The Labute approximate surface area is 167 Å². The van der Waals surface area contributed by atoms with E-state index in [-0.39, 0.29) is 11.3 Å². The van der Waals surface area contributed by atoms with Crippen LogP contribution < -0.4 is 0 Å². The number of rotatable bonds is 4. The molecular formula is C22H24F2O5. The molecule has 2 aromatic carbocycles. The van der Waals surface area contributed by atoms with Gasteiger partial charge >= 0.3 is 5.92 Å². The fourth-order valence-electron chi connectivity index (χ4n) is 4.11. The number of aromatic hydroxyl groups is 1. The van der Waals surface area contributed by atoms with E-state index in [1.165, 1.54) is 17.2 Å². The van der Waals surface area contributed by atoms with Crippen LogP contribution in [0, 0.1) is 6.92 Å². The molecule has 1 saturated heterocycles. The summed E-state index contributed by atoms with van der Waals surface area (Å²) < 4.78 is 33.3. The molecule has 4 atom stereocenters. The molecule has 0 aromatic heterocycles. The van der Waals surface area contributed by atoms with Gasteiger partial charge in [-0.1, -0.05) is 18.2 Å². The lowest BCUT2D eigenvalue weighted by Gasteiger charge is -2.42. The average Bonchev–Trinajstić information content (AvgIpc) is 2.65. The van der Waals surface area contributed by atoms with E-state index in [4.69, 9.17) is 4.74 Å². The molecule has 1 aliphatic heterocycles. The summed E-state index contributed by atoms with van der Waals surface area (Å²) in [5, 5.41) is 39.8. The number of aliphatic hydroxyl groups excluding tert-OH is 3. The third-order valence-electron chi connectivity index (χ3n) is 6.05. The van der Waals surface area contributed by atoms with Crippen molar-refractivity contribution in [2.45, 2.75) is 56.5 Å². The first kappa shape index (κ1) is 20.2. The summed E-state index contributed by atoms with van der Waals surface area (Å²) in [5.74, 6) is -4.03. The molecule has 0 spiro atoms. The number of fused-ring (bicyclic) bond motifs is 1. The van der Waals surface area contributed by atoms with Gasteiger partial charge < -0.3 is 25.2 Å². The van der Waals surface area contributed by atoms with Crippen LogP contribution in [0.15, 0.2) is 30.3 Å². The third-order valence-corrected chi connectivity index (χ3v) is 6.05. The van der Waals surface area contributed by atoms with Crippen LogP contribution in [0.4, 0.5) is 8.78 Å². The van der Waals surface area contributed by atoms with Gasteiger partial charge in [-0.2, -0.15) is 0 Å². The number of ether oxygens (including phenoxy) is 1. The van der Waals surface area contributed by atoms with Crippen LogP contribution in [-0.4, -0.2) is 51.3 Å². The van der Waals surface area contributed by atoms with Crippen LogP contribution in [0.5, 0.6) is 5.75 Å². The Hall–Kier alpha value is -2.06. The highest BCUT2D eigenvalue weighted by Crippen LogP contribution is 2.43. The number of hydrogen-bond donors (Lipinski definition) is 4. The molecule has 1 heterocycles. The molecule has 29 heavy (non-hydrogen) atoms. The lowest BCUT2D eigenvalue weighted by Crippen LogP contribution is -2.59. The van der Waals surface area contributed by atoms with Gasteiger partial charge in [0.15, 0.2) is 0 Å². The van der Waals surface area contributed by atoms with Crippen molar-refractivity contribution in [2.24, 2.45) is 0 Å². The standard InChI is InChI=1S/C22H24F2O5/c1-11-6-17(26)16(20-19(27)21(28)22(23,24)18(10-25)29-20)9-15(11)8-12-2-3-13-4-5-14(13)7-12/h2-3,6-7,9,18-21,25-28H,4-5,8,10H2,1H3/t18-,19+,20+,21-/m1/s1. The second-order valence-electron chi connectivity index (χ2n) is 7.96. The Balaban J connectivity index is 1.66. The maximum atomic E-state index is 14.1. The van der Waals surface area contributed by atoms with E-state index in [1.54, 1.807) is 6.07 Å². The first-order valence-electron chi connectivity index (χ1n) is 9.65. The molecule has 1 aliphatic carbocycles. The van der Waals surface area contributed by atoms with E-state index in [1.807, 2.05) is 13.0 Å². The number of aryl methyl sites for hydroxylation is 3. The van der Waals surface area contributed by atoms with Crippen LogP contribution in [-0.2, 0) is 24.0 Å². The Morgan fingerprint density at radius 1 is 1.10 bits per heavy atom. The van der Waals surface area contributed by atoms with E-state index in [0.29, 0.717) is 6.42 Å². The van der Waals surface area contributed by atoms with E-state index in [0.717, 1.165) is 29.5 Å². The lowest BCUT2D eigenvalue weighted by molar-refractivity contribution is -0.296. The van der Waals surface area contributed by atoms with Crippen LogP contribution >= 0.6 is 0 Å². The first-order valence-corrected chi connectivity index (χ1v) is 9.65. The number of phenolic OH excluding ortho intramolecular Hbond substituents is 1. The van der Waals surface area contributed by atoms with Crippen molar-refractivity contribution in [3.8, 4) is 5.75 Å². The Morgan fingerprint density at radius 3 is 2.45 bits per heavy atom. The SMILES string of the molecule is Cc1cc(O)c([C@@H]2O[C@H](CO)C(F)(F)[C@H](O)[C@H]2O)cc1Cc1ccc2c(c1)CC2. The number of alkyl halides is 2. The van der Waals surface area contributed by atoms with Gasteiger partial charge in [-0.05, 0) is 66.1 Å². The summed E-state index contributed by atoms with van der Waals surface area (Å²) in [6.45, 7) is 0.805. The smallest absolute Gasteiger partial charge is 0.303 e. The predicted molar refractivity (Wildman–Crippen MR) is 101 cm³/mol. The predicted octanol–water partition coefficient (Wildman–Crippen LogP) is 2.18. The number of aliphatic hydroxyl groups is 3. The van der Waals surface area contributed by atoms with Gasteiger partial charge in [0.05, 0.1) is 6.61 Å². The lowest BCUT2D eigenvalue weighted by atomic mass is 9.85. The first-order chi connectivity index (χ1) is 13.7. The molecule has 4 rings (SSSR count). The summed E-state index contributed by atoms with van der Waals surface area (Å²) in [6, 6.07) is 9.39. The zero-order chi connectivity index (χ0) is 20.9. The van der Waals surface area contributed by atoms with E-state index in [9.17, 15) is 29.2 Å². The zero-order valence-electron chi connectivity index (χ0n) is 16.0. The van der Waals surface area contributed by atoms with Gasteiger partial charge in [0, 0.05) is 5.56 Å². The second-order valence-corrected chi connectivity index (χ2v) is 7.96. The van der Waals surface area contributed by atoms with E-state index >= 15 is 0 Å². The second kappa shape index (κ2) is 7.32. The van der Waals surface area contributed by atoms with Gasteiger partial charge in [0.1, 0.15) is 30.2 Å². The molecule has 4 N–H and O–H groups in total. The van der Waals surface area contributed by atoms with Gasteiger partial charge in [-0.25, -0.2) is 8.78 Å².